The fourth-order valence-electron chi connectivity index (χ4n) is 0.932. The molecular weight excluding hydrogens is 188 g/mol. The molecule has 0 aliphatic rings. The highest BCUT2D eigenvalue weighted by atomic mass is 16.1. The third-order valence-corrected chi connectivity index (χ3v) is 1.53. The minimum Gasteiger partial charge on any atom is -0.362 e. The van der Waals surface area contributed by atoms with Crippen LogP contribution in [0.15, 0.2) is 41.4 Å². The summed E-state index contributed by atoms with van der Waals surface area (Å²) in [5.41, 5.74) is 1.58. The van der Waals surface area contributed by atoms with E-state index in [1.54, 1.807) is 11.0 Å². The summed E-state index contributed by atoms with van der Waals surface area (Å²) in [7, 11) is 3.65. The van der Waals surface area contributed by atoms with E-state index in [1.165, 1.54) is 6.08 Å². The molecule has 0 atom stereocenters. The summed E-state index contributed by atoms with van der Waals surface area (Å²) in [6.45, 7) is 11.1. The number of aliphatic imine (C=N–C) groups is 1. The van der Waals surface area contributed by atoms with Crippen molar-refractivity contribution < 1.29 is 4.79 Å². The standard InChI is InChI=1S/C12H18N2O/c1-9(2)7-8-11(15)13-12(10(3)4)14(5)6/h7-8H,1,3H2,2,4-6H3/b8-7+,13-12?. The topological polar surface area (TPSA) is 32.7 Å². The van der Waals surface area contributed by atoms with Gasteiger partial charge in [0.1, 0.15) is 5.84 Å². The Balaban J connectivity index is 4.77. The number of allylic oxidation sites excluding steroid dienone is 2. The predicted octanol–water partition coefficient (Wildman–Crippen LogP) is 2.18. The zero-order valence-corrected chi connectivity index (χ0v) is 9.87. The largest absolute Gasteiger partial charge is 0.362 e. The molecule has 1 amide bonds. The van der Waals surface area contributed by atoms with Gasteiger partial charge in [-0.1, -0.05) is 24.8 Å². The van der Waals surface area contributed by atoms with Crippen molar-refractivity contribution in [1.82, 2.24) is 4.90 Å². The van der Waals surface area contributed by atoms with Gasteiger partial charge in [-0.2, -0.15) is 4.99 Å². The third-order valence-electron chi connectivity index (χ3n) is 1.53. The number of rotatable bonds is 3. The molecule has 3 nitrogen and oxygen atoms in total. The average molecular weight is 206 g/mol. The van der Waals surface area contributed by atoms with Crippen LogP contribution in [0.3, 0.4) is 0 Å². The highest BCUT2D eigenvalue weighted by Crippen LogP contribution is 1.98. The van der Waals surface area contributed by atoms with E-state index in [0.29, 0.717) is 5.84 Å². The van der Waals surface area contributed by atoms with E-state index in [1.807, 2.05) is 27.9 Å². The second-order valence-corrected chi connectivity index (χ2v) is 3.63. The van der Waals surface area contributed by atoms with E-state index in [0.717, 1.165) is 11.1 Å². The van der Waals surface area contributed by atoms with Gasteiger partial charge in [0, 0.05) is 20.2 Å². The van der Waals surface area contributed by atoms with Gasteiger partial charge in [0.25, 0.3) is 5.91 Å². The van der Waals surface area contributed by atoms with Gasteiger partial charge < -0.3 is 4.90 Å². The summed E-state index contributed by atoms with van der Waals surface area (Å²) in [5.74, 6) is 0.288. The molecule has 0 N–H and O–H groups in total. The Bertz CT molecular complexity index is 336. The molecule has 0 aromatic carbocycles. The Labute approximate surface area is 91.5 Å². The number of amides is 1. The van der Waals surface area contributed by atoms with Gasteiger partial charge in [0.05, 0.1) is 0 Å². The molecule has 0 radical (unpaired) electrons. The second kappa shape index (κ2) is 5.96. The van der Waals surface area contributed by atoms with Gasteiger partial charge in [-0.25, -0.2) is 0 Å². The predicted molar refractivity (Wildman–Crippen MR) is 64.9 cm³/mol. The Morgan fingerprint density at radius 3 is 2.07 bits per heavy atom. The minimum absolute atomic E-state index is 0.301. The second-order valence-electron chi connectivity index (χ2n) is 3.63. The number of hydrogen-bond donors (Lipinski definition) is 0. The molecule has 3 heteroatoms. The van der Waals surface area contributed by atoms with Crippen LogP contribution >= 0.6 is 0 Å². The fraction of sp³-hybridized carbons (Fsp3) is 0.333. The summed E-state index contributed by atoms with van der Waals surface area (Å²) in [5, 5.41) is 0. The zero-order valence-electron chi connectivity index (χ0n) is 9.87. The van der Waals surface area contributed by atoms with Gasteiger partial charge in [-0.15, -0.1) is 0 Å². The number of amidine groups is 1. The Morgan fingerprint density at radius 1 is 1.20 bits per heavy atom. The number of hydrogen-bond acceptors (Lipinski definition) is 1. The Kier molecular flexibility index (Phi) is 5.31. The lowest BCUT2D eigenvalue weighted by atomic mass is 10.3. The van der Waals surface area contributed by atoms with Crippen molar-refractivity contribution in [3.63, 3.8) is 0 Å². The van der Waals surface area contributed by atoms with Crippen molar-refractivity contribution in [3.8, 4) is 0 Å². The molecule has 82 valence electrons. The molecule has 0 aromatic rings. The molecule has 0 unspecified atom stereocenters. The number of likely N-dealkylation sites (N-methyl/N-ethyl adjacent to an activating group) is 1. The van der Waals surface area contributed by atoms with Crippen molar-refractivity contribution in [2.75, 3.05) is 14.1 Å². The molecule has 0 fully saturated rings. The molecule has 0 aromatic heterocycles. The highest BCUT2D eigenvalue weighted by Gasteiger charge is 2.04. The van der Waals surface area contributed by atoms with E-state index >= 15 is 0 Å². The maximum Gasteiger partial charge on any atom is 0.271 e. The molecule has 0 aliphatic heterocycles. The Hall–Kier alpha value is -1.64. The van der Waals surface area contributed by atoms with Crippen LogP contribution in [0.25, 0.3) is 0 Å². The molecule has 0 spiro atoms. The summed E-state index contributed by atoms with van der Waals surface area (Å²) >= 11 is 0. The molecule has 15 heavy (non-hydrogen) atoms. The molecule has 0 saturated heterocycles. The molecule has 0 rings (SSSR count). The summed E-state index contributed by atoms with van der Waals surface area (Å²) in [4.78, 5) is 17.1. The molecule has 0 bridgehead atoms. The molecular formula is C12H18N2O. The van der Waals surface area contributed by atoms with Gasteiger partial charge in [0.2, 0.25) is 0 Å². The van der Waals surface area contributed by atoms with Crippen LogP contribution in [0, 0.1) is 0 Å². The SMILES string of the molecule is C=C(C)/C=C/C(=O)N=C(C(=C)C)N(C)C. The minimum atomic E-state index is -0.301. The van der Waals surface area contributed by atoms with Crippen LogP contribution in [0.5, 0.6) is 0 Å². The van der Waals surface area contributed by atoms with Crippen LogP contribution in [0.4, 0.5) is 0 Å². The van der Waals surface area contributed by atoms with Gasteiger partial charge in [-0.05, 0) is 19.4 Å². The maximum atomic E-state index is 11.4. The number of carbonyl (C=O) groups is 1. The third kappa shape index (κ3) is 5.62. The molecule has 0 saturated carbocycles. The molecule has 0 aliphatic carbocycles. The summed E-state index contributed by atoms with van der Waals surface area (Å²) < 4.78 is 0. The van der Waals surface area contributed by atoms with Crippen molar-refractivity contribution in [2.45, 2.75) is 13.8 Å². The lowest BCUT2D eigenvalue weighted by molar-refractivity contribution is -0.113. The first-order valence-electron chi connectivity index (χ1n) is 4.64. The van der Waals surface area contributed by atoms with E-state index in [9.17, 15) is 4.79 Å². The van der Waals surface area contributed by atoms with Gasteiger partial charge >= 0.3 is 0 Å². The van der Waals surface area contributed by atoms with Crippen LogP contribution in [0.2, 0.25) is 0 Å². The normalized spacial score (nSPS) is 11.6. The quantitative estimate of drug-likeness (QED) is 0.307. The first-order valence-corrected chi connectivity index (χ1v) is 4.64. The van der Waals surface area contributed by atoms with Crippen LogP contribution < -0.4 is 0 Å². The average Bonchev–Trinajstić information content (AvgIpc) is 2.09. The smallest absolute Gasteiger partial charge is 0.271 e. The summed E-state index contributed by atoms with van der Waals surface area (Å²) in [6, 6.07) is 0. The van der Waals surface area contributed by atoms with E-state index in [2.05, 4.69) is 18.2 Å². The molecule has 0 heterocycles. The van der Waals surface area contributed by atoms with E-state index in [4.69, 9.17) is 0 Å². The van der Waals surface area contributed by atoms with E-state index in [-0.39, 0.29) is 5.91 Å². The monoisotopic (exact) mass is 206 g/mol. The van der Waals surface area contributed by atoms with E-state index < -0.39 is 0 Å². The maximum absolute atomic E-state index is 11.4. The van der Waals surface area contributed by atoms with Crippen LogP contribution in [-0.4, -0.2) is 30.7 Å². The zero-order chi connectivity index (χ0) is 12.0. The first-order chi connectivity index (χ1) is 6.84. The number of carbonyl (C=O) groups excluding carboxylic acids is 1. The van der Waals surface area contributed by atoms with Crippen molar-refractivity contribution in [2.24, 2.45) is 4.99 Å². The Morgan fingerprint density at radius 2 is 1.73 bits per heavy atom. The van der Waals surface area contributed by atoms with Crippen molar-refractivity contribution in [1.29, 1.82) is 0 Å². The van der Waals surface area contributed by atoms with Gasteiger partial charge in [0.15, 0.2) is 0 Å². The van der Waals surface area contributed by atoms with Crippen LogP contribution in [0.1, 0.15) is 13.8 Å². The fourth-order valence-corrected chi connectivity index (χ4v) is 0.932. The highest BCUT2D eigenvalue weighted by molar-refractivity contribution is 6.06. The van der Waals surface area contributed by atoms with Crippen LogP contribution in [-0.2, 0) is 4.79 Å². The lowest BCUT2D eigenvalue weighted by Gasteiger charge is -2.14. The first kappa shape index (κ1) is 13.4. The van der Waals surface area contributed by atoms with Gasteiger partial charge in [-0.3, -0.25) is 4.79 Å². The number of nitrogens with zero attached hydrogens (tertiary/aromatic N) is 2. The van der Waals surface area contributed by atoms with Crippen molar-refractivity contribution in [3.05, 3.63) is 36.5 Å². The lowest BCUT2D eigenvalue weighted by Crippen LogP contribution is -2.23. The van der Waals surface area contributed by atoms with Crippen molar-refractivity contribution >= 4 is 11.7 Å². The summed E-state index contributed by atoms with van der Waals surface area (Å²) in [6.07, 6.45) is 3.03.